The van der Waals surface area contributed by atoms with E-state index < -0.39 is 0 Å². The van der Waals surface area contributed by atoms with Gasteiger partial charge in [0.1, 0.15) is 17.6 Å². The van der Waals surface area contributed by atoms with Crippen molar-refractivity contribution in [1.29, 1.82) is 5.26 Å². The third-order valence-corrected chi connectivity index (χ3v) is 5.54. The number of rotatable bonds is 5. The van der Waals surface area contributed by atoms with Gasteiger partial charge in [-0.1, -0.05) is 24.6 Å². The number of aromatic nitrogens is 2. The first-order valence-electron chi connectivity index (χ1n) is 10.2. The molecule has 6 nitrogen and oxygen atoms in total. The van der Waals surface area contributed by atoms with Gasteiger partial charge >= 0.3 is 0 Å². The Balaban J connectivity index is 0.00000272. The molecule has 3 aromatic rings. The number of carbonyl (C=O) groups excluding carboxylic acids is 1. The zero-order valence-corrected chi connectivity index (χ0v) is 18.2. The fourth-order valence-electron chi connectivity index (χ4n) is 3.89. The van der Waals surface area contributed by atoms with Crippen LogP contribution in [0, 0.1) is 11.3 Å². The summed E-state index contributed by atoms with van der Waals surface area (Å²) in [5.41, 5.74) is 2.56. The van der Waals surface area contributed by atoms with E-state index in [-0.39, 0.29) is 24.4 Å². The van der Waals surface area contributed by atoms with Crippen LogP contribution in [0.5, 0.6) is 11.5 Å². The van der Waals surface area contributed by atoms with Crippen molar-refractivity contribution >= 4 is 18.3 Å². The molecular weight excluding hydrogens is 412 g/mol. The predicted octanol–water partition coefficient (Wildman–Crippen LogP) is 5.09. The Bertz CT molecular complexity index is 1080. The molecular formula is C24H25ClN4O2. The molecule has 1 aliphatic rings. The van der Waals surface area contributed by atoms with Gasteiger partial charge in [0.2, 0.25) is 5.91 Å². The number of hydrogen-bond donors (Lipinski definition) is 0. The van der Waals surface area contributed by atoms with Crippen LogP contribution in [0.4, 0.5) is 0 Å². The number of nitriles is 1. The van der Waals surface area contributed by atoms with Crippen molar-refractivity contribution in [3.63, 3.8) is 0 Å². The van der Waals surface area contributed by atoms with Gasteiger partial charge in [-0.2, -0.15) is 5.26 Å². The predicted molar refractivity (Wildman–Crippen MR) is 120 cm³/mol. The topological polar surface area (TPSA) is 71.2 Å². The van der Waals surface area contributed by atoms with E-state index >= 15 is 0 Å². The Morgan fingerprint density at radius 3 is 2.87 bits per heavy atom. The molecule has 1 unspecified atom stereocenters. The van der Waals surface area contributed by atoms with Crippen LogP contribution in [0.2, 0.25) is 0 Å². The van der Waals surface area contributed by atoms with Gasteiger partial charge in [0, 0.05) is 32.4 Å². The molecule has 7 heteroatoms. The summed E-state index contributed by atoms with van der Waals surface area (Å²) in [5.74, 6) is 1.37. The van der Waals surface area contributed by atoms with Crippen LogP contribution >= 0.6 is 12.4 Å². The van der Waals surface area contributed by atoms with Gasteiger partial charge in [-0.25, -0.2) is 4.98 Å². The minimum atomic E-state index is 0. The lowest BCUT2D eigenvalue weighted by Crippen LogP contribution is -2.29. The second-order valence-electron chi connectivity index (χ2n) is 7.62. The largest absolute Gasteiger partial charge is 0.456 e. The molecule has 0 bridgehead atoms. The number of carbonyl (C=O) groups is 1. The van der Waals surface area contributed by atoms with Gasteiger partial charge < -0.3 is 14.2 Å². The highest BCUT2D eigenvalue weighted by Crippen LogP contribution is 2.33. The molecule has 0 saturated carbocycles. The van der Waals surface area contributed by atoms with E-state index in [1.807, 2.05) is 59.1 Å². The number of hydrogen-bond acceptors (Lipinski definition) is 4. The fourth-order valence-corrected chi connectivity index (χ4v) is 3.89. The first-order valence-corrected chi connectivity index (χ1v) is 10.2. The normalized spacial score (nSPS) is 16.2. The van der Waals surface area contributed by atoms with Gasteiger partial charge in [-0.05, 0) is 48.2 Å². The van der Waals surface area contributed by atoms with Gasteiger partial charge in [-0.15, -0.1) is 12.4 Å². The summed E-state index contributed by atoms with van der Waals surface area (Å²) < 4.78 is 8.10. The third-order valence-electron chi connectivity index (χ3n) is 5.54. The molecule has 1 amide bonds. The first-order chi connectivity index (χ1) is 14.6. The average molecular weight is 437 g/mol. The van der Waals surface area contributed by atoms with E-state index in [1.165, 1.54) is 0 Å². The summed E-state index contributed by atoms with van der Waals surface area (Å²) >= 11 is 0. The zero-order valence-electron chi connectivity index (χ0n) is 17.4. The van der Waals surface area contributed by atoms with Crippen LogP contribution in [-0.4, -0.2) is 27.4 Å². The molecule has 1 fully saturated rings. The van der Waals surface area contributed by atoms with Crippen molar-refractivity contribution in [2.75, 3.05) is 7.05 Å². The summed E-state index contributed by atoms with van der Waals surface area (Å²) in [6, 6.07) is 15.7. The number of likely N-dealkylation sites (tertiary alicyclic amines) is 1. The Morgan fingerprint density at radius 2 is 2.10 bits per heavy atom. The molecule has 0 spiro atoms. The Hall–Kier alpha value is -3.30. The summed E-state index contributed by atoms with van der Waals surface area (Å²) in [6.45, 7) is 0.650. The summed E-state index contributed by atoms with van der Waals surface area (Å²) in [4.78, 5) is 18.2. The lowest BCUT2D eigenvalue weighted by atomic mass is 10.0. The van der Waals surface area contributed by atoms with Crippen LogP contribution in [0.3, 0.4) is 0 Å². The summed E-state index contributed by atoms with van der Waals surface area (Å²) in [7, 11) is 1.87. The Morgan fingerprint density at radius 1 is 1.23 bits per heavy atom. The number of halogens is 1. The van der Waals surface area contributed by atoms with Crippen LogP contribution in [0.1, 0.15) is 48.4 Å². The minimum absolute atomic E-state index is 0. The highest BCUT2D eigenvalue weighted by Gasteiger charge is 2.24. The summed E-state index contributed by atoms with van der Waals surface area (Å²) in [5, 5.41) is 9.51. The van der Waals surface area contributed by atoms with E-state index in [0.717, 1.165) is 30.4 Å². The highest BCUT2D eigenvalue weighted by molar-refractivity contribution is 5.85. The van der Waals surface area contributed by atoms with Crippen molar-refractivity contribution in [3.8, 4) is 17.6 Å². The second kappa shape index (κ2) is 10.1. The van der Waals surface area contributed by atoms with Crippen LogP contribution in [-0.2, 0) is 11.3 Å². The molecule has 0 aliphatic carbocycles. The quantitative estimate of drug-likeness (QED) is 0.558. The maximum Gasteiger partial charge on any atom is 0.222 e. The molecule has 160 valence electrons. The third kappa shape index (κ3) is 5.25. The summed E-state index contributed by atoms with van der Waals surface area (Å²) in [6.07, 6.45) is 8.90. The lowest BCUT2D eigenvalue weighted by molar-refractivity contribution is -0.131. The van der Waals surface area contributed by atoms with E-state index in [4.69, 9.17) is 4.74 Å². The molecule has 1 atom stereocenters. The molecule has 2 aromatic carbocycles. The van der Waals surface area contributed by atoms with E-state index in [1.54, 1.807) is 18.6 Å². The number of ether oxygens (including phenoxy) is 1. The average Bonchev–Trinajstić information content (AvgIpc) is 3.20. The molecule has 1 aromatic heterocycles. The van der Waals surface area contributed by atoms with Gasteiger partial charge in [0.05, 0.1) is 17.9 Å². The monoisotopic (exact) mass is 436 g/mol. The lowest BCUT2D eigenvalue weighted by Gasteiger charge is -2.26. The molecule has 0 radical (unpaired) electrons. The van der Waals surface area contributed by atoms with Crippen molar-refractivity contribution in [2.24, 2.45) is 0 Å². The molecule has 31 heavy (non-hydrogen) atoms. The van der Waals surface area contributed by atoms with Crippen molar-refractivity contribution < 1.29 is 9.53 Å². The highest BCUT2D eigenvalue weighted by atomic mass is 35.5. The SMILES string of the molecule is CN1C(=O)CCCCC1c1cccc(Oc2cc(Cn3ccnc3)ccc2C#N)c1.Cl. The number of imidazole rings is 1. The van der Waals surface area contributed by atoms with Crippen LogP contribution in [0.25, 0.3) is 0 Å². The maximum atomic E-state index is 12.3. The molecule has 4 rings (SSSR count). The van der Waals surface area contributed by atoms with Gasteiger partial charge in [-0.3, -0.25) is 4.79 Å². The first kappa shape index (κ1) is 22.4. The number of amides is 1. The molecule has 1 aliphatic heterocycles. The fraction of sp³-hybridized carbons (Fsp3) is 0.292. The van der Waals surface area contributed by atoms with Crippen molar-refractivity contribution in [2.45, 2.75) is 38.3 Å². The Labute approximate surface area is 188 Å². The number of nitrogens with zero attached hydrogens (tertiary/aromatic N) is 4. The molecule has 0 N–H and O–H groups in total. The van der Waals surface area contributed by atoms with Crippen LogP contribution < -0.4 is 4.74 Å². The standard InChI is InChI=1S/C24H24N4O2.ClH/c1-27-22(7-2-3-8-24(27)29)19-5-4-6-21(14-19)30-23-13-18(9-10-20(23)15-25)16-28-12-11-26-17-28;/h4-6,9-14,17,22H,2-3,7-8,16H2,1H3;1H. The van der Waals surface area contributed by atoms with E-state index in [9.17, 15) is 10.1 Å². The maximum absolute atomic E-state index is 12.3. The number of benzene rings is 2. The molecule has 2 heterocycles. The zero-order chi connectivity index (χ0) is 20.9. The minimum Gasteiger partial charge on any atom is -0.456 e. The van der Waals surface area contributed by atoms with E-state index in [2.05, 4.69) is 11.1 Å². The van der Waals surface area contributed by atoms with Crippen molar-refractivity contribution in [1.82, 2.24) is 14.5 Å². The van der Waals surface area contributed by atoms with Gasteiger partial charge in [0.25, 0.3) is 0 Å². The van der Waals surface area contributed by atoms with Crippen molar-refractivity contribution in [3.05, 3.63) is 77.9 Å². The van der Waals surface area contributed by atoms with Gasteiger partial charge in [0.15, 0.2) is 0 Å². The smallest absolute Gasteiger partial charge is 0.222 e. The molecule has 1 saturated heterocycles. The van der Waals surface area contributed by atoms with E-state index in [0.29, 0.717) is 30.0 Å². The van der Waals surface area contributed by atoms with Crippen LogP contribution in [0.15, 0.2) is 61.2 Å². The second-order valence-corrected chi connectivity index (χ2v) is 7.62. The Kier molecular flexibility index (Phi) is 7.32.